The predicted molar refractivity (Wildman–Crippen MR) is 73.3 cm³/mol. The molecule has 5 nitrogen and oxygen atoms in total. The molecule has 1 aromatic rings. The van der Waals surface area contributed by atoms with Gasteiger partial charge in [-0.1, -0.05) is 6.07 Å². The Morgan fingerprint density at radius 2 is 1.89 bits per heavy atom. The summed E-state index contributed by atoms with van der Waals surface area (Å²) in [7, 11) is -1.35. The molecule has 0 radical (unpaired) electrons. The highest BCUT2D eigenvalue weighted by Crippen LogP contribution is 2.33. The van der Waals surface area contributed by atoms with Gasteiger partial charge in [-0.3, -0.25) is 0 Å². The minimum atomic E-state index is -2.90. The monoisotopic (exact) mass is 285 g/mol. The largest absolute Gasteiger partial charge is 0.493 e. The molecule has 0 saturated carbocycles. The van der Waals surface area contributed by atoms with Crippen LogP contribution in [0.3, 0.4) is 0 Å². The molecular weight excluding hydrogens is 266 g/mol. The van der Waals surface area contributed by atoms with E-state index in [1.54, 1.807) is 13.2 Å². The van der Waals surface area contributed by atoms with Crippen molar-refractivity contribution in [1.82, 2.24) is 0 Å². The molecule has 1 heterocycles. The van der Waals surface area contributed by atoms with Gasteiger partial charge in [0.15, 0.2) is 21.3 Å². The van der Waals surface area contributed by atoms with E-state index >= 15 is 0 Å². The van der Waals surface area contributed by atoms with Crippen LogP contribution in [-0.4, -0.2) is 33.1 Å². The molecule has 0 unspecified atom stereocenters. The van der Waals surface area contributed by atoms with Crippen molar-refractivity contribution in [3.05, 3.63) is 23.8 Å². The second-order valence-corrected chi connectivity index (χ2v) is 7.56. The van der Waals surface area contributed by atoms with E-state index < -0.39 is 15.4 Å². The van der Waals surface area contributed by atoms with Crippen LogP contribution >= 0.6 is 0 Å². The molecule has 1 fully saturated rings. The molecule has 2 rings (SSSR count). The van der Waals surface area contributed by atoms with Gasteiger partial charge in [0.1, 0.15) is 6.10 Å². The zero-order valence-corrected chi connectivity index (χ0v) is 12.2. The molecule has 0 bridgehead atoms. The second kappa shape index (κ2) is 4.68. The Morgan fingerprint density at radius 1 is 1.26 bits per heavy atom. The zero-order valence-electron chi connectivity index (χ0n) is 11.3. The van der Waals surface area contributed by atoms with E-state index in [0.717, 1.165) is 5.56 Å². The Kier molecular flexibility index (Phi) is 3.49. The quantitative estimate of drug-likeness (QED) is 0.895. The van der Waals surface area contributed by atoms with Gasteiger partial charge in [-0.25, -0.2) is 8.42 Å². The van der Waals surface area contributed by atoms with E-state index in [1.807, 2.05) is 26.0 Å². The summed E-state index contributed by atoms with van der Waals surface area (Å²) >= 11 is 0. The average Bonchev–Trinajstić information content (AvgIpc) is 2.25. The van der Waals surface area contributed by atoms with E-state index in [2.05, 4.69) is 0 Å². The number of nitrogens with two attached hydrogens (primary N) is 1. The van der Waals surface area contributed by atoms with Crippen molar-refractivity contribution in [2.75, 3.05) is 18.6 Å². The van der Waals surface area contributed by atoms with Gasteiger partial charge in [-0.15, -0.1) is 0 Å². The average molecular weight is 285 g/mol. The Bertz CT molecular complexity index is 563. The third kappa shape index (κ3) is 3.19. The molecule has 0 amide bonds. The van der Waals surface area contributed by atoms with Crippen molar-refractivity contribution < 1.29 is 17.9 Å². The normalized spacial score (nSPS) is 18.7. The second-order valence-electron chi connectivity index (χ2n) is 5.40. The number of sulfone groups is 1. The smallest absolute Gasteiger partial charge is 0.162 e. The summed E-state index contributed by atoms with van der Waals surface area (Å²) in [5, 5.41) is 0. The van der Waals surface area contributed by atoms with Gasteiger partial charge in [0.25, 0.3) is 0 Å². The van der Waals surface area contributed by atoms with Crippen molar-refractivity contribution in [3.63, 3.8) is 0 Å². The topological polar surface area (TPSA) is 78.6 Å². The fourth-order valence-corrected chi connectivity index (χ4v) is 3.11. The number of rotatable bonds is 4. The first-order valence-corrected chi connectivity index (χ1v) is 7.88. The third-order valence-electron chi connectivity index (χ3n) is 3.08. The van der Waals surface area contributed by atoms with Crippen LogP contribution < -0.4 is 15.2 Å². The number of hydrogen-bond donors (Lipinski definition) is 1. The van der Waals surface area contributed by atoms with Gasteiger partial charge in [0.05, 0.1) is 18.6 Å². The van der Waals surface area contributed by atoms with Crippen LogP contribution in [0.1, 0.15) is 19.4 Å². The highest BCUT2D eigenvalue weighted by Gasteiger charge is 2.35. The molecule has 1 aromatic carbocycles. The predicted octanol–water partition coefficient (Wildman–Crippen LogP) is 1.06. The highest BCUT2D eigenvalue weighted by atomic mass is 32.2. The van der Waals surface area contributed by atoms with Crippen LogP contribution in [0.15, 0.2) is 18.2 Å². The Balaban J connectivity index is 2.22. The molecule has 0 aromatic heterocycles. The minimum Gasteiger partial charge on any atom is -0.493 e. The highest BCUT2D eigenvalue weighted by molar-refractivity contribution is 7.92. The Morgan fingerprint density at radius 3 is 2.37 bits per heavy atom. The summed E-state index contributed by atoms with van der Waals surface area (Å²) in [5.41, 5.74) is 6.46. The zero-order chi connectivity index (χ0) is 14.3. The first kappa shape index (κ1) is 14.1. The molecule has 19 heavy (non-hydrogen) atoms. The molecule has 106 valence electrons. The van der Waals surface area contributed by atoms with Crippen molar-refractivity contribution in [1.29, 1.82) is 0 Å². The van der Waals surface area contributed by atoms with Gasteiger partial charge in [0, 0.05) is 5.54 Å². The number of methoxy groups -OCH3 is 1. The van der Waals surface area contributed by atoms with Crippen LogP contribution in [-0.2, 0) is 15.4 Å². The fourth-order valence-electron chi connectivity index (χ4n) is 1.93. The van der Waals surface area contributed by atoms with E-state index in [4.69, 9.17) is 15.2 Å². The van der Waals surface area contributed by atoms with Gasteiger partial charge in [-0.05, 0) is 31.5 Å². The Hall–Kier alpha value is -1.27. The van der Waals surface area contributed by atoms with Crippen LogP contribution in [0.25, 0.3) is 0 Å². The van der Waals surface area contributed by atoms with E-state index in [1.165, 1.54) is 0 Å². The van der Waals surface area contributed by atoms with Gasteiger partial charge in [-0.2, -0.15) is 0 Å². The summed E-state index contributed by atoms with van der Waals surface area (Å²) in [6.07, 6.45) is -0.296. The van der Waals surface area contributed by atoms with Gasteiger partial charge in [0.2, 0.25) is 0 Å². The summed E-state index contributed by atoms with van der Waals surface area (Å²) in [6, 6.07) is 5.47. The summed E-state index contributed by atoms with van der Waals surface area (Å²) in [4.78, 5) is 0. The van der Waals surface area contributed by atoms with E-state index in [0.29, 0.717) is 11.5 Å². The summed E-state index contributed by atoms with van der Waals surface area (Å²) in [5.74, 6) is 1.24. The first-order chi connectivity index (χ1) is 8.71. The maximum atomic E-state index is 11.1. The molecule has 1 aliphatic rings. The maximum absolute atomic E-state index is 11.1. The van der Waals surface area contributed by atoms with E-state index in [9.17, 15) is 8.42 Å². The molecule has 6 heteroatoms. The Labute approximate surface area is 113 Å². The number of ether oxygens (including phenoxy) is 2. The van der Waals surface area contributed by atoms with Crippen molar-refractivity contribution >= 4 is 9.84 Å². The standard InChI is InChI=1S/C13H19NO4S/c1-13(2,14)9-4-5-11(17-3)12(6-9)18-10-7-19(15,16)8-10/h4-6,10H,7-8,14H2,1-3H3. The van der Waals surface area contributed by atoms with Crippen LogP contribution in [0.2, 0.25) is 0 Å². The maximum Gasteiger partial charge on any atom is 0.162 e. The SMILES string of the molecule is COc1ccc(C(C)(C)N)cc1OC1CS(=O)(=O)C1. The van der Waals surface area contributed by atoms with Crippen molar-refractivity contribution in [2.45, 2.75) is 25.5 Å². The van der Waals surface area contributed by atoms with Gasteiger partial charge >= 0.3 is 0 Å². The molecule has 0 atom stereocenters. The lowest BCUT2D eigenvalue weighted by Crippen LogP contribution is -2.45. The summed E-state index contributed by atoms with van der Waals surface area (Å²) in [6.45, 7) is 3.79. The minimum absolute atomic E-state index is 0.0619. The van der Waals surface area contributed by atoms with Crippen LogP contribution in [0.4, 0.5) is 0 Å². The third-order valence-corrected chi connectivity index (χ3v) is 4.84. The lowest BCUT2D eigenvalue weighted by atomic mass is 9.95. The van der Waals surface area contributed by atoms with Crippen molar-refractivity contribution in [2.24, 2.45) is 5.73 Å². The van der Waals surface area contributed by atoms with Crippen LogP contribution in [0.5, 0.6) is 11.5 Å². The molecule has 2 N–H and O–H groups in total. The number of hydrogen-bond acceptors (Lipinski definition) is 5. The van der Waals surface area contributed by atoms with E-state index in [-0.39, 0.29) is 17.6 Å². The molecular formula is C13H19NO4S. The lowest BCUT2D eigenvalue weighted by molar-refractivity contribution is 0.219. The molecule has 0 spiro atoms. The molecule has 0 aliphatic carbocycles. The number of benzene rings is 1. The lowest BCUT2D eigenvalue weighted by Gasteiger charge is -2.28. The van der Waals surface area contributed by atoms with Crippen LogP contribution in [0, 0.1) is 0 Å². The van der Waals surface area contributed by atoms with Gasteiger partial charge < -0.3 is 15.2 Å². The summed E-state index contributed by atoms with van der Waals surface area (Å²) < 4.78 is 33.2. The van der Waals surface area contributed by atoms with Crippen molar-refractivity contribution in [3.8, 4) is 11.5 Å². The fraction of sp³-hybridized carbons (Fsp3) is 0.538. The molecule has 1 aliphatic heterocycles. The first-order valence-electron chi connectivity index (χ1n) is 6.06. The molecule has 1 saturated heterocycles.